The summed E-state index contributed by atoms with van der Waals surface area (Å²) in [5, 5.41) is 7.34. The van der Waals surface area contributed by atoms with E-state index in [1.54, 1.807) is 12.1 Å². The Kier molecular flexibility index (Phi) is 3.55. The number of fused-ring (bicyclic) bond motifs is 1. The van der Waals surface area contributed by atoms with Crippen LogP contribution >= 0.6 is 0 Å². The van der Waals surface area contributed by atoms with Crippen LogP contribution in [0.1, 0.15) is 5.56 Å². The number of aromatic nitrogens is 2. The van der Waals surface area contributed by atoms with E-state index in [0.717, 1.165) is 23.3 Å². The number of rotatable bonds is 5. The van der Waals surface area contributed by atoms with Gasteiger partial charge in [-0.1, -0.05) is 12.1 Å². The Morgan fingerprint density at radius 3 is 2.67 bits per heavy atom. The van der Waals surface area contributed by atoms with E-state index in [9.17, 15) is 0 Å². The molecular weight excluding hydrogens is 264 g/mol. The highest BCUT2D eigenvalue weighted by molar-refractivity contribution is 5.94. The molecule has 5 heteroatoms. The quantitative estimate of drug-likeness (QED) is 0.556. The number of nitrogen functional groups attached to an aromatic ring is 1. The van der Waals surface area contributed by atoms with Gasteiger partial charge in [-0.2, -0.15) is 0 Å². The van der Waals surface area contributed by atoms with E-state index in [2.05, 4.69) is 9.55 Å². The van der Waals surface area contributed by atoms with E-state index >= 15 is 0 Å². The lowest BCUT2D eigenvalue weighted by Gasteiger charge is -2.08. The molecule has 1 aromatic heterocycles. The number of nitrogens with two attached hydrogens (primary N) is 1. The number of nitrogens with one attached hydrogen (secondary N) is 1. The van der Waals surface area contributed by atoms with Crippen LogP contribution in [0.3, 0.4) is 0 Å². The van der Waals surface area contributed by atoms with E-state index < -0.39 is 0 Å². The lowest BCUT2D eigenvalue weighted by atomic mass is 10.2. The standard InChI is InChI=1S/C16H16N4O/c17-16(18)12-5-7-13(8-6-12)21-10-9-20-11-19-14-3-1-2-4-15(14)20/h1-8,11H,9-10H2,(H3,17,18). The third-order valence-corrected chi connectivity index (χ3v) is 3.29. The number of imidazole rings is 1. The molecular formula is C16H16N4O. The van der Waals surface area contributed by atoms with E-state index in [4.69, 9.17) is 15.9 Å². The van der Waals surface area contributed by atoms with Crippen molar-refractivity contribution < 1.29 is 4.74 Å². The number of benzene rings is 2. The minimum absolute atomic E-state index is 0.0615. The Hall–Kier alpha value is -2.82. The fourth-order valence-corrected chi connectivity index (χ4v) is 2.18. The molecule has 0 spiro atoms. The molecule has 21 heavy (non-hydrogen) atoms. The predicted molar refractivity (Wildman–Crippen MR) is 82.7 cm³/mol. The zero-order chi connectivity index (χ0) is 14.7. The molecule has 0 aliphatic carbocycles. The zero-order valence-electron chi connectivity index (χ0n) is 11.5. The number of hydrogen-bond donors (Lipinski definition) is 2. The first-order valence-electron chi connectivity index (χ1n) is 6.71. The summed E-state index contributed by atoms with van der Waals surface area (Å²) in [6, 6.07) is 15.2. The summed E-state index contributed by atoms with van der Waals surface area (Å²) < 4.78 is 7.77. The molecule has 0 radical (unpaired) electrons. The van der Waals surface area contributed by atoms with Gasteiger partial charge in [-0.05, 0) is 36.4 Å². The van der Waals surface area contributed by atoms with Crippen molar-refractivity contribution in [2.75, 3.05) is 6.61 Å². The van der Waals surface area contributed by atoms with Crippen molar-refractivity contribution in [3.8, 4) is 5.75 Å². The van der Waals surface area contributed by atoms with Crippen molar-refractivity contribution in [3.05, 3.63) is 60.4 Å². The van der Waals surface area contributed by atoms with Crippen LogP contribution in [-0.2, 0) is 6.54 Å². The van der Waals surface area contributed by atoms with E-state index in [1.165, 1.54) is 0 Å². The molecule has 3 rings (SSSR count). The molecule has 0 fully saturated rings. The van der Waals surface area contributed by atoms with Gasteiger partial charge in [-0.3, -0.25) is 5.41 Å². The maximum absolute atomic E-state index is 7.34. The molecule has 0 saturated heterocycles. The summed E-state index contributed by atoms with van der Waals surface area (Å²) in [4.78, 5) is 4.35. The summed E-state index contributed by atoms with van der Waals surface area (Å²) >= 11 is 0. The minimum atomic E-state index is 0.0615. The molecule has 0 unspecified atom stereocenters. The van der Waals surface area contributed by atoms with Gasteiger partial charge in [0.15, 0.2) is 0 Å². The topological polar surface area (TPSA) is 76.9 Å². The van der Waals surface area contributed by atoms with Crippen LogP contribution in [0.15, 0.2) is 54.9 Å². The highest BCUT2D eigenvalue weighted by Crippen LogP contribution is 2.14. The van der Waals surface area contributed by atoms with Crippen LogP contribution in [0.25, 0.3) is 11.0 Å². The average Bonchev–Trinajstić information content (AvgIpc) is 2.91. The Bertz CT molecular complexity index is 761. The molecule has 106 valence electrons. The molecule has 0 atom stereocenters. The number of para-hydroxylation sites is 2. The summed E-state index contributed by atoms with van der Waals surface area (Å²) in [5.74, 6) is 0.829. The fourth-order valence-electron chi connectivity index (χ4n) is 2.18. The largest absolute Gasteiger partial charge is 0.492 e. The molecule has 0 aliphatic heterocycles. The number of ether oxygens (including phenoxy) is 1. The van der Waals surface area contributed by atoms with Crippen molar-refractivity contribution in [1.29, 1.82) is 5.41 Å². The third kappa shape index (κ3) is 2.86. The minimum Gasteiger partial charge on any atom is -0.492 e. The van der Waals surface area contributed by atoms with Crippen molar-refractivity contribution >= 4 is 16.9 Å². The number of nitrogens with zero attached hydrogens (tertiary/aromatic N) is 2. The lowest BCUT2D eigenvalue weighted by molar-refractivity contribution is 0.300. The number of hydrogen-bond acceptors (Lipinski definition) is 3. The van der Waals surface area contributed by atoms with Crippen LogP contribution in [0.2, 0.25) is 0 Å². The molecule has 2 aromatic carbocycles. The van der Waals surface area contributed by atoms with Gasteiger partial charge in [-0.15, -0.1) is 0 Å². The van der Waals surface area contributed by atoms with Crippen molar-refractivity contribution in [3.63, 3.8) is 0 Å². The average molecular weight is 280 g/mol. The second-order valence-corrected chi connectivity index (χ2v) is 4.71. The summed E-state index contributed by atoms with van der Waals surface area (Å²) in [6.45, 7) is 1.29. The fraction of sp³-hybridized carbons (Fsp3) is 0.125. The molecule has 3 aromatic rings. The summed E-state index contributed by atoms with van der Waals surface area (Å²) in [5.41, 5.74) is 8.20. The smallest absolute Gasteiger partial charge is 0.122 e. The normalized spacial score (nSPS) is 10.7. The SMILES string of the molecule is N=C(N)c1ccc(OCCn2cnc3ccccc32)cc1. The second-order valence-electron chi connectivity index (χ2n) is 4.71. The predicted octanol–water partition coefficient (Wildman–Crippen LogP) is 2.40. The van der Waals surface area contributed by atoms with Crippen LogP contribution < -0.4 is 10.5 Å². The van der Waals surface area contributed by atoms with E-state index in [0.29, 0.717) is 12.2 Å². The third-order valence-electron chi connectivity index (χ3n) is 3.29. The Morgan fingerprint density at radius 1 is 1.14 bits per heavy atom. The van der Waals surface area contributed by atoms with Crippen LogP contribution in [0.5, 0.6) is 5.75 Å². The lowest BCUT2D eigenvalue weighted by Crippen LogP contribution is -2.11. The summed E-state index contributed by atoms with van der Waals surface area (Å²) in [6.07, 6.45) is 1.83. The van der Waals surface area contributed by atoms with Gasteiger partial charge >= 0.3 is 0 Å². The van der Waals surface area contributed by atoms with Crippen LogP contribution in [0.4, 0.5) is 0 Å². The van der Waals surface area contributed by atoms with Gasteiger partial charge in [0.25, 0.3) is 0 Å². The van der Waals surface area contributed by atoms with Crippen LogP contribution in [0, 0.1) is 5.41 Å². The van der Waals surface area contributed by atoms with Gasteiger partial charge in [0.1, 0.15) is 18.2 Å². The first kappa shape index (κ1) is 13.2. The first-order valence-corrected chi connectivity index (χ1v) is 6.71. The zero-order valence-corrected chi connectivity index (χ0v) is 11.5. The van der Waals surface area contributed by atoms with E-state index in [1.807, 2.05) is 42.7 Å². The molecule has 3 N–H and O–H groups in total. The van der Waals surface area contributed by atoms with Gasteiger partial charge < -0.3 is 15.0 Å². The van der Waals surface area contributed by atoms with Gasteiger partial charge in [0.2, 0.25) is 0 Å². The van der Waals surface area contributed by atoms with Crippen molar-refractivity contribution in [2.45, 2.75) is 6.54 Å². The highest BCUT2D eigenvalue weighted by Gasteiger charge is 2.02. The molecule has 0 bridgehead atoms. The molecule has 0 aliphatic rings. The maximum atomic E-state index is 7.34. The molecule has 1 heterocycles. The van der Waals surface area contributed by atoms with Gasteiger partial charge in [0.05, 0.1) is 23.9 Å². The molecule has 0 amide bonds. The van der Waals surface area contributed by atoms with Crippen LogP contribution in [-0.4, -0.2) is 22.0 Å². The van der Waals surface area contributed by atoms with Gasteiger partial charge in [0, 0.05) is 5.56 Å². The highest BCUT2D eigenvalue weighted by atomic mass is 16.5. The Morgan fingerprint density at radius 2 is 1.90 bits per heavy atom. The number of amidine groups is 1. The van der Waals surface area contributed by atoms with E-state index in [-0.39, 0.29) is 5.84 Å². The van der Waals surface area contributed by atoms with Crippen molar-refractivity contribution in [2.24, 2.45) is 5.73 Å². The molecule has 0 saturated carbocycles. The maximum Gasteiger partial charge on any atom is 0.122 e. The second kappa shape index (κ2) is 5.66. The van der Waals surface area contributed by atoms with Gasteiger partial charge in [-0.25, -0.2) is 4.98 Å². The molecule has 5 nitrogen and oxygen atoms in total. The Labute approximate surface area is 122 Å². The van der Waals surface area contributed by atoms with Crippen molar-refractivity contribution in [1.82, 2.24) is 9.55 Å². The monoisotopic (exact) mass is 280 g/mol. The Balaban J connectivity index is 1.62. The summed E-state index contributed by atoms with van der Waals surface area (Å²) in [7, 11) is 0. The first-order chi connectivity index (χ1) is 10.2.